The first-order valence-corrected chi connectivity index (χ1v) is 6.78. The summed E-state index contributed by atoms with van der Waals surface area (Å²) in [5.41, 5.74) is 0.329. The van der Waals surface area contributed by atoms with Crippen molar-refractivity contribution in [1.82, 2.24) is 3.96 Å². The van der Waals surface area contributed by atoms with Gasteiger partial charge in [0, 0.05) is 17.2 Å². The highest BCUT2D eigenvalue weighted by atomic mass is 35.5. The smallest absolute Gasteiger partial charge is 0.267 e. The van der Waals surface area contributed by atoms with E-state index in [2.05, 4.69) is 0 Å². The number of rotatable bonds is 2. The van der Waals surface area contributed by atoms with Crippen molar-refractivity contribution in [3.8, 4) is 5.69 Å². The molecule has 0 N–H and O–H groups in total. The highest BCUT2D eigenvalue weighted by Gasteiger charge is 2.13. The lowest BCUT2D eigenvalue weighted by atomic mass is 10.2. The van der Waals surface area contributed by atoms with Gasteiger partial charge in [0.1, 0.15) is 0 Å². The van der Waals surface area contributed by atoms with Gasteiger partial charge in [0.05, 0.1) is 20.7 Å². The van der Waals surface area contributed by atoms with Gasteiger partial charge in [-0.15, -0.1) is 0 Å². The number of nitro benzene ring substituents is 1. The third-order valence-electron chi connectivity index (χ3n) is 2.84. The topological polar surface area (TPSA) is 65.1 Å². The summed E-state index contributed by atoms with van der Waals surface area (Å²) in [7, 11) is 0. The van der Waals surface area contributed by atoms with Crippen LogP contribution in [0.5, 0.6) is 0 Å². The molecule has 0 atom stereocenters. The molecule has 3 rings (SSSR count). The summed E-state index contributed by atoms with van der Waals surface area (Å²) < 4.78 is 2.20. The van der Waals surface area contributed by atoms with Crippen molar-refractivity contribution >= 4 is 38.9 Å². The third kappa shape index (κ3) is 2.09. The van der Waals surface area contributed by atoms with E-state index in [1.165, 1.54) is 27.6 Å². The van der Waals surface area contributed by atoms with Crippen LogP contribution in [-0.2, 0) is 0 Å². The molecule has 0 aliphatic carbocycles. The zero-order chi connectivity index (χ0) is 14.3. The van der Waals surface area contributed by atoms with Crippen LogP contribution in [0.15, 0.2) is 47.3 Å². The van der Waals surface area contributed by atoms with Crippen molar-refractivity contribution in [2.75, 3.05) is 0 Å². The Morgan fingerprint density at radius 2 is 1.85 bits per heavy atom. The lowest BCUT2D eigenvalue weighted by Crippen LogP contribution is -2.10. The standard InChI is InChI=1S/C13H7ClN2O3S/c14-8-1-3-9(4-2-8)15-13(17)11-7-10(16(18)19)5-6-12(11)20-15/h1-7H. The van der Waals surface area contributed by atoms with E-state index in [9.17, 15) is 14.9 Å². The highest BCUT2D eigenvalue weighted by Crippen LogP contribution is 2.24. The van der Waals surface area contributed by atoms with Crippen LogP contribution in [-0.4, -0.2) is 8.88 Å². The summed E-state index contributed by atoms with van der Waals surface area (Å²) >= 11 is 7.06. The molecule has 7 heteroatoms. The van der Waals surface area contributed by atoms with Crippen LogP contribution >= 0.6 is 23.1 Å². The van der Waals surface area contributed by atoms with Crippen molar-refractivity contribution in [3.63, 3.8) is 0 Å². The fourth-order valence-electron chi connectivity index (χ4n) is 1.87. The molecule has 0 saturated carbocycles. The van der Waals surface area contributed by atoms with Gasteiger partial charge in [0.15, 0.2) is 0 Å². The number of nitro groups is 1. The Labute approximate surface area is 121 Å². The fourth-order valence-corrected chi connectivity index (χ4v) is 2.98. The lowest BCUT2D eigenvalue weighted by Gasteiger charge is -1.99. The van der Waals surface area contributed by atoms with Crippen molar-refractivity contribution in [1.29, 1.82) is 0 Å². The number of hydrogen-bond acceptors (Lipinski definition) is 4. The minimum absolute atomic E-state index is 0.0874. The zero-order valence-corrected chi connectivity index (χ0v) is 11.5. The van der Waals surface area contributed by atoms with Crippen molar-refractivity contribution in [2.45, 2.75) is 0 Å². The number of benzene rings is 2. The molecule has 0 radical (unpaired) electrons. The molecule has 1 aromatic heterocycles. The maximum Gasteiger partial charge on any atom is 0.273 e. The first kappa shape index (κ1) is 12.8. The predicted molar refractivity (Wildman–Crippen MR) is 79.1 cm³/mol. The van der Waals surface area contributed by atoms with E-state index in [4.69, 9.17) is 11.6 Å². The van der Waals surface area contributed by atoms with Gasteiger partial charge in [-0.25, -0.2) is 3.96 Å². The summed E-state index contributed by atoms with van der Waals surface area (Å²) in [6.07, 6.45) is 0. The molecule has 0 unspecified atom stereocenters. The molecule has 5 nitrogen and oxygen atoms in total. The van der Waals surface area contributed by atoms with E-state index in [1.54, 1.807) is 30.3 Å². The minimum atomic E-state index is -0.511. The minimum Gasteiger partial charge on any atom is -0.267 e. The molecule has 0 bridgehead atoms. The average molecular weight is 307 g/mol. The fraction of sp³-hybridized carbons (Fsp3) is 0. The first-order chi connectivity index (χ1) is 9.56. The van der Waals surface area contributed by atoms with Gasteiger partial charge in [0.2, 0.25) is 0 Å². The Hall–Kier alpha value is -2.18. The van der Waals surface area contributed by atoms with E-state index in [0.29, 0.717) is 20.8 Å². The third-order valence-corrected chi connectivity index (χ3v) is 4.20. The molecule has 2 aromatic carbocycles. The number of halogens is 1. The second-order valence-corrected chi connectivity index (χ2v) is 5.53. The molecule has 0 spiro atoms. The molecule has 100 valence electrons. The van der Waals surface area contributed by atoms with Crippen LogP contribution in [0.25, 0.3) is 15.8 Å². The number of nitrogens with zero attached hydrogens (tertiary/aromatic N) is 2. The van der Waals surface area contributed by atoms with Crippen molar-refractivity contribution < 1.29 is 4.92 Å². The van der Waals surface area contributed by atoms with Crippen LogP contribution < -0.4 is 5.56 Å². The summed E-state index contributed by atoms with van der Waals surface area (Å²) in [6, 6.07) is 11.1. The largest absolute Gasteiger partial charge is 0.273 e. The number of fused-ring (bicyclic) bond motifs is 1. The number of non-ortho nitro benzene ring substituents is 1. The second kappa shape index (κ2) is 4.73. The zero-order valence-electron chi connectivity index (χ0n) is 9.95. The predicted octanol–water partition coefficient (Wildman–Crippen LogP) is 3.61. The van der Waals surface area contributed by atoms with Crippen molar-refractivity contribution in [2.24, 2.45) is 0 Å². The Bertz CT molecular complexity index is 867. The van der Waals surface area contributed by atoms with E-state index < -0.39 is 4.92 Å². The van der Waals surface area contributed by atoms with Crippen LogP contribution in [0.3, 0.4) is 0 Å². The van der Waals surface area contributed by atoms with Gasteiger partial charge in [-0.3, -0.25) is 14.9 Å². The quantitative estimate of drug-likeness (QED) is 0.536. The van der Waals surface area contributed by atoms with E-state index in [-0.39, 0.29) is 11.2 Å². The summed E-state index contributed by atoms with van der Waals surface area (Å²) in [5.74, 6) is 0. The first-order valence-electron chi connectivity index (χ1n) is 5.63. The van der Waals surface area contributed by atoms with Crippen LogP contribution in [0.2, 0.25) is 5.02 Å². The summed E-state index contributed by atoms with van der Waals surface area (Å²) in [6.45, 7) is 0. The van der Waals surface area contributed by atoms with Gasteiger partial charge in [0.25, 0.3) is 11.2 Å². The van der Waals surface area contributed by atoms with E-state index in [0.717, 1.165) is 0 Å². The van der Waals surface area contributed by atoms with Gasteiger partial charge in [-0.1, -0.05) is 23.1 Å². The Kier molecular flexibility index (Phi) is 3.04. The Morgan fingerprint density at radius 3 is 2.50 bits per heavy atom. The summed E-state index contributed by atoms with van der Waals surface area (Å²) in [5, 5.41) is 11.7. The van der Waals surface area contributed by atoms with Gasteiger partial charge in [-0.05, 0) is 30.3 Å². The molecular formula is C13H7ClN2O3S. The highest BCUT2D eigenvalue weighted by molar-refractivity contribution is 7.14. The van der Waals surface area contributed by atoms with Gasteiger partial charge >= 0.3 is 0 Å². The number of hydrogen-bond donors (Lipinski definition) is 0. The SMILES string of the molecule is O=c1c2cc([N+](=O)[O-])ccc2sn1-c1ccc(Cl)cc1. The van der Waals surface area contributed by atoms with Crippen LogP contribution in [0, 0.1) is 10.1 Å². The van der Waals surface area contributed by atoms with Gasteiger partial charge in [-0.2, -0.15) is 0 Å². The number of aromatic nitrogens is 1. The van der Waals surface area contributed by atoms with Crippen LogP contribution in [0.4, 0.5) is 5.69 Å². The van der Waals surface area contributed by atoms with E-state index in [1.807, 2.05) is 0 Å². The lowest BCUT2D eigenvalue weighted by molar-refractivity contribution is -0.384. The molecule has 0 aliphatic rings. The second-order valence-electron chi connectivity index (χ2n) is 4.10. The molecule has 1 heterocycles. The average Bonchev–Trinajstić information content (AvgIpc) is 2.76. The molecule has 0 amide bonds. The maximum atomic E-state index is 12.3. The van der Waals surface area contributed by atoms with Crippen molar-refractivity contribution in [3.05, 3.63) is 68.0 Å². The van der Waals surface area contributed by atoms with Gasteiger partial charge < -0.3 is 0 Å². The maximum absolute atomic E-state index is 12.3. The molecule has 0 aliphatic heterocycles. The molecule has 0 saturated heterocycles. The normalized spacial score (nSPS) is 10.8. The molecule has 3 aromatic rings. The molecule has 20 heavy (non-hydrogen) atoms. The Morgan fingerprint density at radius 1 is 1.15 bits per heavy atom. The van der Waals surface area contributed by atoms with Crippen LogP contribution in [0.1, 0.15) is 0 Å². The monoisotopic (exact) mass is 306 g/mol. The summed E-state index contributed by atoms with van der Waals surface area (Å²) in [4.78, 5) is 22.6. The van der Waals surface area contributed by atoms with E-state index >= 15 is 0 Å². The Balaban J connectivity index is 2.23. The molecule has 0 fully saturated rings. The molecular weight excluding hydrogens is 300 g/mol.